The van der Waals surface area contributed by atoms with Crippen molar-refractivity contribution in [3.63, 3.8) is 0 Å². The largest absolute Gasteiger partial charge is 0.497 e. The van der Waals surface area contributed by atoms with E-state index in [0.29, 0.717) is 34.1 Å². The third kappa shape index (κ3) is 9.11. The summed E-state index contributed by atoms with van der Waals surface area (Å²) in [6, 6.07) is 30.7. The number of thioether (sulfide) groups is 1. The second-order valence-electron chi connectivity index (χ2n) is 10.4. The highest BCUT2D eigenvalue weighted by Gasteiger charge is 2.21. The van der Waals surface area contributed by atoms with Crippen molar-refractivity contribution < 1.29 is 23.9 Å². The number of carbonyl (C=O) groups is 3. The maximum absolute atomic E-state index is 13.6. The first-order chi connectivity index (χ1) is 23.3. The van der Waals surface area contributed by atoms with E-state index >= 15 is 0 Å². The Labute approximate surface area is 287 Å². The molecule has 4 aromatic carbocycles. The number of methoxy groups -OCH3 is 2. The van der Waals surface area contributed by atoms with Gasteiger partial charge < -0.3 is 25.4 Å². The van der Waals surface area contributed by atoms with E-state index in [9.17, 15) is 14.4 Å². The average molecular weight is 679 g/mol. The number of ether oxygens (including phenoxy) is 2. The van der Waals surface area contributed by atoms with Gasteiger partial charge in [0.25, 0.3) is 11.8 Å². The first kappa shape index (κ1) is 34.0. The molecule has 9 nitrogen and oxygen atoms in total. The van der Waals surface area contributed by atoms with E-state index in [4.69, 9.17) is 9.47 Å². The van der Waals surface area contributed by atoms with Gasteiger partial charge in [-0.1, -0.05) is 55.5 Å². The summed E-state index contributed by atoms with van der Waals surface area (Å²) in [6.07, 6.45) is 2.16. The van der Waals surface area contributed by atoms with Gasteiger partial charge in [-0.15, -0.1) is 23.1 Å². The minimum absolute atomic E-state index is 0.0535. The van der Waals surface area contributed by atoms with Crippen molar-refractivity contribution in [3.8, 4) is 22.8 Å². The Balaban J connectivity index is 1.28. The molecule has 0 saturated heterocycles. The van der Waals surface area contributed by atoms with E-state index in [1.807, 2.05) is 54.8 Å². The minimum atomic E-state index is -0.510. The molecule has 3 amide bonds. The zero-order valence-corrected chi connectivity index (χ0v) is 28.2. The number of anilines is 2. The van der Waals surface area contributed by atoms with Gasteiger partial charge in [-0.2, -0.15) is 0 Å². The molecule has 0 radical (unpaired) electrons. The third-order valence-corrected chi connectivity index (χ3v) is 9.18. The molecule has 1 atom stereocenters. The van der Waals surface area contributed by atoms with Crippen LogP contribution in [0.1, 0.15) is 29.3 Å². The van der Waals surface area contributed by atoms with Gasteiger partial charge in [-0.05, 0) is 72.7 Å². The van der Waals surface area contributed by atoms with Crippen LogP contribution in [0.3, 0.4) is 0 Å². The monoisotopic (exact) mass is 678 g/mol. The molecule has 0 aliphatic heterocycles. The van der Waals surface area contributed by atoms with Crippen LogP contribution in [0.2, 0.25) is 0 Å². The topological polar surface area (TPSA) is 119 Å². The smallest absolute Gasteiger partial charge is 0.272 e. The van der Waals surface area contributed by atoms with Crippen LogP contribution in [0, 0.1) is 0 Å². The molecule has 0 aliphatic carbocycles. The van der Waals surface area contributed by atoms with Crippen molar-refractivity contribution in [1.82, 2.24) is 10.3 Å². The predicted molar refractivity (Wildman–Crippen MR) is 193 cm³/mol. The van der Waals surface area contributed by atoms with E-state index in [0.717, 1.165) is 21.9 Å². The zero-order valence-electron chi connectivity index (χ0n) is 26.6. The number of rotatable bonds is 13. The third-order valence-electron chi connectivity index (χ3n) is 7.07. The van der Waals surface area contributed by atoms with E-state index < -0.39 is 17.1 Å². The van der Waals surface area contributed by atoms with Gasteiger partial charge in [0.15, 0.2) is 5.13 Å². The lowest BCUT2D eigenvalue weighted by molar-refractivity contribution is -0.116. The second-order valence-corrected chi connectivity index (χ2v) is 12.5. The van der Waals surface area contributed by atoms with Crippen molar-refractivity contribution >= 4 is 57.7 Å². The summed E-state index contributed by atoms with van der Waals surface area (Å²) in [4.78, 5) is 45.2. The minimum Gasteiger partial charge on any atom is -0.497 e. The molecule has 1 unspecified atom stereocenters. The Morgan fingerprint density at radius 2 is 1.58 bits per heavy atom. The lowest BCUT2D eigenvalue weighted by atomic mass is 10.1. The first-order valence-electron chi connectivity index (χ1n) is 15.1. The molecule has 5 aromatic rings. The average Bonchev–Trinajstić information content (AvgIpc) is 3.59. The summed E-state index contributed by atoms with van der Waals surface area (Å²) in [7, 11) is 3.17. The van der Waals surface area contributed by atoms with E-state index in [1.54, 1.807) is 81.0 Å². The van der Waals surface area contributed by atoms with E-state index in [2.05, 4.69) is 20.9 Å². The van der Waals surface area contributed by atoms with Crippen LogP contribution in [0.4, 0.5) is 10.8 Å². The number of hydrogen-bond acceptors (Lipinski definition) is 8. The molecular formula is C37H34N4O5S2. The van der Waals surface area contributed by atoms with Gasteiger partial charge in [-0.25, -0.2) is 4.98 Å². The van der Waals surface area contributed by atoms with Crippen molar-refractivity contribution in [3.05, 3.63) is 125 Å². The Morgan fingerprint density at radius 3 is 2.33 bits per heavy atom. The van der Waals surface area contributed by atoms with Crippen LogP contribution in [-0.2, 0) is 9.59 Å². The Hall–Kier alpha value is -5.39. The number of nitrogens with one attached hydrogen (secondary N) is 3. The van der Waals surface area contributed by atoms with Gasteiger partial charge in [0.1, 0.15) is 17.2 Å². The van der Waals surface area contributed by atoms with Crippen LogP contribution in [-0.4, -0.2) is 42.2 Å². The molecule has 48 heavy (non-hydrogen) atoms. The van der Waals surface area contributed by atoms with Crippen molar-refractivity contribution in [2.75, 3.05) is 24.9 Å². The Bertz CT molecular complexity index is 1930. The molecule has 0 fully saturated rings. The van der Waals surface area contributed by atoms with Gasteiger partial charge in [0.2, 0.25) is 5.91 Å². The van der Waals surface area contributed by atoms with Gasteiger partial charge in [0, 0.05) is 27.1 Å². The van der Waals surface area contributed by atoms with Crippen LogP contribution in [0.15, 0.2) is 119 Å². The van der Waals surface area contributed by atoms with Crippen LogP contribution in [0.5, 0.6) is 11.5 Å². The SMILES string of the molecule is CCC(Sc1cccc(NC(=O)/C(=C/c2cccc(OC)c2)NC(=O)c2ccccc2)c1)C(=O)Nc1nc(-c2cccc(OC)c2)cs1. The zero-order chi connectivity index (χ0) is 33.9. The quantitative estimate of drug-likeness (QED) is 0.0861. The maximum Gasteiger partial charge on any atom is 0.272 e. The molecule has 3 N–H and O–H groups in total. The lowest BCUT2D eigenvalue weighted by Gasteiger charge is -2.15. The number of amides is 3. The second kappa shape index (κ2) is 16.4. The Morgan fingerprint density at radius 1 is 0.854 bits per heavy atom. The molecule has 0 aliphatic rings. The van der Waals surface area contributed by atoms with Gasteiger partial charge >= 0.3 is 0 Å². The molecule has 1 heterocycles. The number of benzene rings is 4. The molecule has 0 bridgehead atoms. The fraction of sp³-hybridized carbons (Fsp3) is 0.135. The summed E-state index contributed by atoms with van der Waals surface area (Å²) in [6.45, 7) is 1.94. The molecule has 11 heteroatoms. The molecule has 1 aromatic heterocycles. The molecule has 0 saturated carbocycles. The summed E-state index contributed by atoms with van der Waals surface area (Å²) in [5, 5.41) is 10.6. The fourth-order valence-electron chi connectivity index (χ4n) is 4.60. The molecule has 0 spiro atoms. The van der Waals surface area contributed by atoms with Gasteiger partial charge in [-0.3, -0.25) is 14.4 Å². The summed E-state index contributed by atoms with van der Waals surface area (Å²) in [5.74, 6) is 0.245. The van der Waals surface area contributed by atoms with Crippen LogP contribution >= 0.6 is 23.1 Å². The highest BCUT2D eigenvalue weighted by Crippen LogP contribution is 2.31. The number of hydrogen-bond donors (Lipinski definition) is 3. The highest BCUT2D eigenvalue weighted by atomic mass is 32.2. The normalized spacial score (nSPS) is 11.7. The summed E-state index contributed by atoms with van der Waals surface area (Å²) in [5.41, 5.74) is 3.29. The van der Waals surface area contributed by atoms with Gasteiger partial charge in [0.05, 0.1) is 25.2 Å². The summed E-state index contributed by atoms with van der Waals surface area (Å²) < 4.78 is 10.6. The Kier molecular flexibility index (Phi) is 11.6. The molecule has 5 rings (SSSR count). The van der Waals surface area contributed by atoms with E-state index in [1.165, 1.54) is 23.1 Å². The van der Waals surface area contributed by atoms with Crippen molar-refractivity contribution in [2.24, 2.45) is 0 Å². The van der Waals surface area contributed by atoms with E-state index in [-0.39, 0.29) is 11.6 Å². The van der Waals surface area contributed by atoms with Crippen LogP contribution in [0.25, 0.3) is 17.3 Å². The van der Waals surface area contributed by atoms with Crippen molar-refractivity contribution in [1.29, 1.82) is 0 Å². The predicted octanol–water partition coefficient (Wildman–Crippen LogP) is 7.75. The van der Waals surface area contributed by atoms with Crippen molar-refractivity contribution in [2.45, 2.75) is 23.5 Å². The summed E-state index contributed by atoms with van der Waals surface area (Å²) >= 11 is 2.74. The lowest BCUT2D eigenvalue weighted by Crippen LogP contribution is -2.30. The molecular weight excluding hydrogens is 645 g/mol. The number of thiazole rings is 1. The number of carbonyl (C=O) groups excluding carboxylic acids is 3. The molecule has 244 valence electrons. The number of nitrogens with zero attached hydrogens (tertiary/aromatic N) is 1. The fourth-order valence-corrected chi connectivity index (χ4v) is 6.34. The van der Waals surface area contributed by atoms with Crippen LogP contribution < -0.4 is 25.4 Å². The maximum atomic E-state index is 13.6. The standard InChI is InChI=1S/C37H34N4O5S2/c1-4-33(36(44)41-37-40-32(23-47-37)26-14-9-17-29(21-26)46-3)48-30-18-10-15-27(22-30)38-35(43)31(20-24-11-8-16-28(19-24)45-2)39-34(42)25-12-6-5-7-13-25/h5-23,33H,4H2,1-3H3,(H,38,43)(H,39,42)(H,40,41,44)/b31-20-. The highest BCUT2D eigenvalue weighted by molar-refractivity contribution is 8.00. The number of aromatic nitrogens is 1. The first-order valence-corrected chi connectivity index (χ1v) is 16.8.